The highest BCUT2D eigenvalue weighted by atomic mass is 19.3. The number of aliphatic carboxylic acids is 1. The summed E-state index contributed by atoms with van der Waals surface area (Å²) in [5, 5.41) is 9.16. The molecule has 2 saturated heterocycles. The summed E-state index contributed by atoms with van der Waals surface area (Å²) in [6, 6.07) is 0.268. The Labute approximate surface area is 169 Å². The number of hydrogen-bond acceptors (Lipinski definition) is 5. The lowest BCUT2D eigenvalue weighted by Crippen LogP contribution is -2.47. The lowest BCUT2D eigenvalue weighted by atomic mass is 10.0. The summed E-state index contributed by atoms with van der Waals surface area (Å²) in [5.41, 5.74) is 0.458. The normalized spacial score (nSPS) is 34.8. The highest BCUT2D eigenvalue weighted by Crippen LogP contribution is 2.65. The van der Waals surface area contributed by atoms with Crippen LogP contribution in [0.5, 0.6) is 0 Å². The molecule has 0 unspecified atom stereocenters. The Morgan fingerprint density at radius 3 is 2.69 bits per heavy atom. The van der Waals surface area contributed by atoms with E-state index in [-0.39, 0.29) is 35.9 Å². The van der Waals surface area contributed by atoms with Gasteiger partial charge in [-0.2, -0.15) is 13.8 Å². The molecule has 158 valence electrons. The van der Waals surface area contributed by atoms with Crippen molar-refractivity contribution in [1.82, 2.24) is 9.97 Å². The average molecular weight is 406 g/mol. The molecule has 29 heavy (non-hydrogen) atoms. The van der Waals surface area contributed by atoms with Gasteiger partial charge in [0.25, 0.3) is 5.92 Å². The van der Waals surface area contributed by atoms with Crippen LogP contribution < -0.4 is 9.80 Å². The zero-order chi connectivity index (χ0) is 20.6. The van der Waals surface area contributed by atoms with Gasteiger partial charge in [-0.25, -0.2) is 4.98 Å². The lowest BCUT2D eigenvalue weighted by molar-refractivity contribution is -0.137. The van der Waals surface area contributed by atoms with Crippen molar-refractivity contribution in [2.75, 3.05) is 29.4 Å². The van der Waals surface area contributed by atoms with Crippen LogP contribution in [0.15, 0.2) is 0 Å². The molecule has 3 fully saturated rings. The SMILES string of the molecule is C[C@H]1CCN1c1nc(N2C[C@@H]3[C@@H](CC(=O)O)[C@]3(C)C2)c2c(n1)C(F)(F)CCCC2. The van der Waals surface area contributed by atoms with Crippen molar-refractivity contribution >= 4 is 17.7 Å². The Kier molecular flexibility index (Phi) is 4.10. The van der Waals surface area contributed by atoms with Crippen LogP contribution in [0.2, 0.25) is 0 Å². The fourth-order valence-electron chi connectivity index (χ4n) is 5.74. The third-order valence-electron chi connectivity index (χ3n) is 7.78. The molecule has 1 aromatic rings. The van der Waals surface area contributed by atoms with Crippen molar-refractivity contribution in [3.63, 3.8) is 0 Å². The quantitative estimate of drug-likeness (QED) is 0.773. The first kappa shape index (κ1) is 19.0. The van der Waals surface area contributed by atoms with Gasteiger partial charge in [0, 0.05) is 44.1 Å². The molecule has 0 aromatic carbocycles. The average Bonchev–Trinajstić information content (AvgIpc) is 3.03. The summed E-state index contributed by atoms with van der Waals surface area (Å²) in [7, 11) is 0. The molecule has 6 nitrogen and oxygen atoms in total. The summed E-state index contributed by atoms with van der Waals surface area (Å²) in [6.45, 7) is 6.36. The molecular formula is C21H28F2N4O2. The largest absolute Gasteiger partial charge is 0.481 e. The predicted molar refractivity (Wildman–Crippen MR) is 104 cm³/mol. The second kappa shape index (κ2) is 6.25. The van der Waals surface area contributed by atoms with Crippen LogP contribution >= 0.6 is 0 Å². The zero-order valence-corrected chi connectivity index (χ0v) is 17.0. The van der Waals surface area contributed by atoms with E-state index in [1.165, 1.54) is 0 Å². The number of carboxylic acid groups (broad SMARTS) is 1. The Bertz CT molecular complexity index is 863. The number of carboxylic acids is 1. The van der Waals surface area contributed by atoms with Crippen molar-refractivity contribution in [2.45, 2.75) is 64.3 Å². The maximum Gasteiger partial charge on any atom is 0.303 e. The molecule has 0 radical (unpaired) electrons. The van der Waals surface area contributed by atoms with Gasteiger partial charge < -0.3 is 14.9 Å². The van der Waals surface area contributed by atoms with E-state index in [1.807, 2.05) is 4.90 Å². The highest BCUT2D eigenvalue weighted by molar-refractivity contribution is 5.68. The van der Waals surface area contributed by atoms with Crippen molar-refractivity contribution in [3.05, 3.63) is 11.3 Å². The van der Waals surface area contributed by atoms with E-state index in [1.54, 1.807) is 0 Å². The number of rotatable bonds is 4. The Hall–Kier alpha value is -1.99. The van der Waals surface area contributed by atoms with Gasteiger partial charge in [-0.1, -0.05) is 6.92 Å². The molecule has 0 spiro atoms. The fourth-order valence-corrected chi connectivity index (χ4v) is 5.74. The third kappa shape index (κ3) is 2.89. The number of halogens is 2. The molecule has 8 heteroatoms. The first-order valence-electron chi connectivity index (χ1n) is 10.7. The molecule has 4 atom stereocenters. The van der Waals surface area contributed by atoms with Crippen LogP contribution in [0.4, 0.5) is 20.5 Å². The molecule has 1 N–H and O–H groups in total. The van der Waals surface area contributed by atoms with Gasteiger partial charge in [0.05, 0.1) is 0 Å². The molecular weight excluding hydrogens is 378 g/mol. The van der Waals surface area contributed by atoms with Crippen molar-refractivity contribution in [2.24, 2.45) is 17.3 Å². The Morgan fingerprint density at radius 2 is 2.10 bits per heavy atom. The van der Waals surface area contributed by atoms with E-state index in [9.17, 15) is 13.6 Å². The minimum absolute atomic E-state index is 0.0618. The molecule has 0 bridgehead atoms. The van der Waals surface area contributed by atoms with Gasteiger partial charge in [-0.05, 0) is 49.9 Å². The number of fused-ring (bicyclic) bond motifs is 2. The predicted octanol–water partition coefficient (Wildman–Crippen LogP) is 3.44. The van der Waals surface area contributed by atoms with Crippen LogP contribution in [0.1, 0.15) is 57.2 Å². The van der Waals surface area contributed by atoms with Gasteiger partial charge in [-0.3, -0.25) is 4.79 Å². The van der Waals surface area contributed by atoms with Crippen LogP contribution in [0.25, 0.3) is 0 Å². The number of nitrogens with zero attached hydrogens (tertiary/aromatic N) is 4. The van der Waals surface area contributed by atoms with E-state index in [0.29, 0.717) is 55.6 Å². The first-order valence-corrected chi connectivity index (χ1v) is 10.7. The second-order valence-electron chi connectivity index (χ2n) is 9.61. The van der Waals surface area contributed by atoms with E-state index in [0.717, 1.165) is 13.0 Å². The van der Waals surface area contributed by atoms with E-state index in [4.69, 9.17) is 10.1 Å². The molecule has 4 aliphatic rings. The summed E-state index contributed by atoms with van der Waals surface area (Å²) in [6.07, 6.45) is 2.82. The lowest BCUT2D eigenvalue weighted by Gasteiger charge is -2.40. The maximum absolute atomic E-state index is 15.0. The minimum Gasteiger partial charge on any atom is -0.481 e. The minimum atomic E-state index is -2.93. The number of aromatic nitrogens is 2. The van der Waals surface area contributed by atoms with Gasteiger partial charge in [0.1, 0.15) is 11.5 Å². The molecule has 0 amide bonds. The maximum atomic E-state index is 15.0. The third-order valence-corrected chi connectivity index (χ3v) is 7.78. The summed E-state index contributed by atoms with van der Waals surface area (Å²) >= 11 is 0. The number of hydrogen-bond donors (Lipinski definition) is 1. The van der Waals surface area contributed by atoms with Crippen LogP contribution in [-0.2, 0) is 17.1 Å². The fraction of sp³-hybridized carbons (Fsp3) is 0.762. The number of anilines is 2. The van der Waals surface area contributed by atoms with Crippen molar-refractivity contribution < 1.29 is 18.7 Å². The molecule has 2 aliphatic heterocycles. The van der Waals surface area contributed by atoms with Gasteiger partial charge in [0.2, 0.25) is 5.95 Å². The van der Waals surface area contributed by atoms with E-state index < -0.39 is 11.9 Å². The summed E-state index contributed by atoms with van der Waals surface area (Å²) in [4.78, 5) is 24.5. The first-order chi connectivity index (χ1) is 13.7. The molecule has 5 rings (SSSR count). The number of alkyl halides is 2. The topological polar surface area (TPSA) is 69.6 Å². The van der Waals surface area contributed by atoms with Crippen LogP contribution in [0, 0.1) is 17.3 Å². The Balaban J connectivity index is 1.51. The van der Waals surface area contributed by atoms with Crippen molar-refractivity contribution in [3.8, 4) is 0 Å². The summed E-state index contributed by atoms with van der Waals surface area (Å²) < 4.78 is 29.9. The highest BCUT2D eigenvalue weighted by Gasteiger charge is 2.66. The second-order valence-corrected chi connectivity index (χ2v) is 9.61. The summed E-state index contributed by atoms with van der Waals surface area (Å²) in [5.74, 6) is -2.14. The van der Waals surface area contributed by atoms with Crippen LogP contribution in [0.3, 0.4) is 0 Å². The standard InChI is InChI=1S/C21H28F2N4O2/c1-12-6-8-27(12)19-24-17-13(5-3-4-7-21(17,22)23)18(25-19)26-10-15-14(9-16(28)29)20(15,2)11-26/h12,14-15H,3-11H2,1-2H3,(H,28,29)/t12-,14+,15+,20-/m0/s1. The molecule has 2 aliphatic carbocycles. The van der Waals surface area contributed by atoms with Crippen molar-refractivity contribution in [1.29, 1.82) is 0 Å². The van der Waals surface area contributed by atoms with E-state index in [2.05, 4.69) is 23.7 Å². The van der Waals surface area contributed by atoms with E-state index >= 15 is 0 Å². The van der Waals surface area contributed by atoms with Crippen LogP contribution in [-0.4, -0.2) is 46.7 Å². The number of carbonyl (C=O) groups is 1. The molecule has 1 saturated carbocycles. The smallest absolute Gasteiger partial charge is 0.303 e. The molecule has 1 aromatic heterocycles. The molecule has 3 heterocycles. The van der Waals surface area contributed by atoms with Gasteiger partial charge >= 0.3 is 5.97 Å². The number of piperidine rings is 1. The van der Waals surface area contributed by atoms with Gasteiger partial charge in [0.15, 0.2) is 0 Å². The monoisotopic (exact) mass is 406 g/mol. The Morgan fingerprint density at radius 1 is 1.31 bits per heavy atom. The zero-order valence-electron chi connectivity index (χ0n) is 17.0. The van der Waals surface area contributed by atoms with Gasteiger partial charge in [-0.15, -0.1) is 0 Å².